The van der Waals surface area contributed by atoms with E-state index in [4.69, 9.17) is 10.5 Å². The number of benzene rings is 1. The molecule has 1 aromatic rings. The van der Waals surface area contributed by atoms with Gasteiger partial charge < -0.3 is 10.5 Å². The number of anilines is 1. The second-order valence-corrected chi connectivity index (χ2v) is 4.86. The van der Waals surface area contributed by atoms with Crippen molar-refractivity contribution in [1.29, 1.82) is 0 Å². The first-order valence-electron chi connectivity index (χ1n) is 6.32. The zero-order valence-electron chi connectivity index (χ0n) is 10.7. The molecule has 2 rings (SSSR count). The first-order chi connectivity index (χ1) is 8.20. The number of nitrogens with zero attached hydrogens (tertiary/aromatic N) is 1. The zero-order chi connectivity index (χ0) is 12.3. The summed E-state index contributed by atoms with van der Waals surface area (Å²) in [5.74, 6) is 0. The summed E-state index contributed by atoms with van der Waals surface area (Å²) in [5.41, 5.74) is 7.86. The molecule has 0 bridgehead atoms. The maximum Gasteiger partial charge on any atom is 0.0698 e. The van der Waals surface area contributed by atoms with Crippen LogP contribution in [-0.4, -0.2) is 30.7 Å². The molecular weight excluding hydrogens is 212 g/mol. The smallest absolute Gasteiger partial charge is 0.0698 e. The largest absolute Gasteiger partial charge is 0.399 e. The maximum atomic E-state index is 5.70. The van der Waals surface area contributed by atoms with Gasteiger partial charge in [-0.05, 0) is 44.0 Å². The average molecular weight is 234 g/mol. The Balaban J connectivity index is 2.00. The lowest BCUT2D eigenvalue weighted by molar-refractivity contribution is 0.0411. The Morgan fingerprint density at radius 1 is 1.41 bits per heavy atom. The minimum absolute atomic E-state index is 0.311. The lowest BCUT2D eigenvalue weighted by atomic mass is 10.1. The van der Waals surface area contributed by atoms with Crippen molar-refractivity contribution in [1.82, 2.24) is 4.90 Å². The third-order valence-corrected chi connectivity index (χ3v) is 3.69. The number of hydrogen-bond donors (Lipinski definition) is 1. The molecule has 1 aliphatic rings. The molecule has 0 aliphatic carbocycles. The number of hydrogen-bond acceptors (Lipinski definition) is 3. The number of likely N-dealkylation sites (tertiary alicyclic amines) is 1. The fraction of sp³-hybridized carbons (Fsp3) is 0.571. The van der Waals surface area contributed by atoms with Crippen molar-refractivity contribution in [2.75, 3.05) is 19.4 Å². The SMILES string of the molecule is CO[C@@H](C)[C@H]1CCCN1Cc1ccc(N)cc1. The zero-order valence-corrected chi connectivity index (χ0v) is 10.7. The lowest BCUT2D eigenvalue weighted by Gasteiger charge is -2.28. The molecule has 1 aromatic carbocycles. The van der Waals surface area contributed by atoms with Crippen LogP contribution < -0.4 is 5.73 Å². The number of ether oxygens (including phenoxy) is 1. The molecule has 94 valence electrons. The van der Waals surface area contributed by atoms with Crippen LogP contribution in [0.1, 0.15) is 25.3 Å². The van der Waals surface area contributed by atoms with Crippen LogP contribution in [0.5, 0.6) is 0 Å². The van der Waals surface area contributed by atoms with Crippen LogP contribution in [0.25, 0.3) is 0 Å². The normalized spacial score (nSPS) is 22.8. The van der Waals surface area contributed by atoms with Gasteiger partial charge in [0.15, 0.2) is 0 Å². The molecule has 0 spiro atoms. The molecule has 0 aromatic heterocycles. The van der Waals surface area contributed by atoms with Gasteiger partial charge in [-0.25, -0.2) is 0 Å². The molecule has 1 aliphatic heterocycles. The molecule has 17 heavy (non-hydrogen) atoms. The van der Waals surface area contributed by atoms with Gasteiger partial charge in [0.05, 0.1) is 6.10 Å². The van der Waals surface area contributed by atoms with Crippen LogP contribution >= 0.6 is 0 Å². The second kappa shape index (κ2) is 5.52. The summed E-state index contributed by atoms with van der Waals surface area (Å²) in [7, 11) is 1.80. The fourth-order valence-electron chi connectivity index (χ4n) is 2.59. The third kappa shape index (κ3) is 2.99. The van der Waals surface area contributed by atoms with E-state index in [0.717, 1.165) is 12.2 Å². The highest BCUT2D eigenvalue weighted by Crippen LogP contribution is 2.23. The van der Waals surface area contributed by atoms with Crippen LogP contribution in [0.4, 0.5) is 5.69 Å². The highest BCUT2D eigenvalue weighted by molar-refractivity contribution is 5.39. The van der Waals surface area contributed by atoms with Crippen LogP contribution in [0.2, 0.25) is 0 Å². The molecule has 0 amide bonds. The Morgan fingerprint density at radius 2 is 2.12 bits per heavy atom. The minimum atomic E-state index is 0.311. The van der Waals surface area contributed by atoms with Crippen LogP contribution in [0.15, 0.2) is 24.3 Å². The molecule has 3 heteroatoms. The summed E-state index contributed by atoms with van der Waals surface area (Å²) in [6.45, 7) is 4.33. The van der Waals surface area contributed by atoms with Crippen molar-refractivity contribution in [2.24, 2.45) is 0 Å². The summed E-state index contributed by atoms with van der Waals surface area (Å²) >= 11 is 0. The van der Waals surface area contributed by atoms with Crippen LogP contribution in [0, 0.1) is 0 Å². The molecule has 1 fully saturated rings. The van der Waals surface area contributed by atoms with Gasteiger partial charge in [0, 0.05) is 25.4 Å². The quantitative estimate of drug-likeness (QED) is 0.812. The van der Waals surface area contributed by atoms with Gasteiger partial charge in [-0.3, -0.25) is 4.90 Å². The van der Waals surface area contributed by atoms with E-state index in [-0.39, 0.29) is 0 Å². The average Bonchev–Trinajstić information content (AvgIpc) is 2.79. The predicted octanol–water partition coefficient (Wildman–Crippen LogP) is 2.27. The summed E-state index contributed by atoms with van der Waals surface area (Å²) in [6, 6.07) is 8.72. The molecule has 0 radical (unpaired) electrons. The number of nitrogen functional groups attached to an aromatic ring is 1. The van der Waals surface area contributed by atoms with E-state index in [9.17, 15) is 0 Å². The molecular formula is C14H22N2O. The second-order valence-electron chi connectivity index (χ2n) is 4.86. The van der Waals surface area contributed by atoms with Crippen molar-refractivity contribution < 1.29 is 4.74 Å². The van der Waals surface area contributed by atoms with Gasteiger partial charge >= 0.3 is 0 Å². The van der Waals surface area contributed by atoms with E-state index in [2.05, 4.69) is 24.0 Å². The molecule has 1 heterocycles. The highest BCUT2D eigenvalue weighted by Gasteiger charge is 2.28. The fourth-order valence-corrected chi connectivity index (χ4v) is 2.59. The monoisotopic (exact) mass is 234 g/mol. The Labute approximate surface area is 104 Å². The molecule has 2 N–H and O–H groups in total. The number of nitrogens with two attached hydrogens (primary N) is 1. The predicted molar refractivity (Wildman–Crippen MR) is 70.8 cm³/mol. The van der Waals surface area contributed by atoms with Gasteiger partial charge in [0.25, 0.3) is 0 Å². The van der Waals surface area contributed by atoms with Crippen molar-refractivity contribution >= 4 is 5.69 Å². The van der Waals surface area contributed by atoms with E-state index in [1.54, 1.807) is 7.11 Å². The molecule has 0 saturated carbocycles. The highest BCUT2D eigenvalue weighted by atomic mass is 16.5. The number of methoxy groups -OCH3 is 1. The van der Waals surface area contributed by atoms with Crippen LogP contribution in [0.3, 0.4) is 0 Å². The summed E-state index contributed by atoms with van der Waals surface area (Å²) in [5, 5.41) is 0. The Bertz CT molecular complexity index is 350. The van der Waals surface area contributed by atoms with E-state index >= 15 is 0 Å². The Hall–Kier alpha value is -1.06. The topological polar surface area (TPSA) is 38.5 Å². The standard InChI is InChI=1S/C14H22N2O/c1-11(17-2)14-4-3-9-16(14)10-12-5-7-13(15)8-6-12/h5-8,11,14H,3-4,9-10,15H2,1-2H3/t11-,14+/m0/s1. The van der Waals surface area contributed by atoms with Gasteiger partial charge in [0.2, 0.25) is 0 Å². The van der Waals surface area contributed by atoms with Gasteiger partial charge in [-0.1, -0.05) is 12.1 Å². The van der Waals surface area contributed by atoms with Crippen molar-refractivity contribution in [2.45, 2.75) is 38.5 Å². The lowest BCUT2D eigenvalue weighted by Crippen LogP contribution is -2.37. The van der Waals surface area contributed by atoms with E-state index in [0.29, 0.717) is 12.1 Å². The molecule has 2 atom stereocenters. The van der Waals surface area contributed by atoms with Gasteiger partial charge in [-0.15, -0.1) is 0 Å². The van der Waals surface area contributed by atoms with Crippen molar-refractivity contribution in [3.8, 4) is 0 Å². The molecule has 3 nitrogen and oxygen atoms in total. The molecule has 1 saturated heterocycles. The first-order valence-corrected chi connectivity index (χ1v) is 6.32. The van der Waals surface area contributed by atoms with Gasteiger partial charge in [-0.2, -0.15) is 0 Å². The Morgan fingerprint density at radius 3 is 2.76 bits per heavy atom. The van der Waals surface area contributed by atoms with Crippen molar-refractivity contribution in [3.05, 3.63) is 29.8 Å². The third-order valence-electron chi connectivity index (χ3n) is 3.69. The van der Waals surface area contributed by atoms with Crippen LogP contribution in [-0.2, 0) is 11.3 Å². The summed E-state index contributed by atoms with van der Waals surface area (Å²) in [4.78, 5) is 2.51. The van der Waals surface area contributed by atoms with Crippen molar-refractivity contribution in [3.63, 3.8) is 0 Å². The van der Waals surface area contributed by atoms with E-state index in [1.807, 2.05) is 12.1 Å². The van der Waals surface area contributed by atoms with Gasteiger partial charge in [0.1, 0.15) is 0 Å². The summed E-state index contributed by atoms with van der Waals surface area (Å²) < 4.78 is 5.46. The molecule has 0 unspecified atom stereocenters. The number of rotatable bonds is 4. The van der Waals surface area contributed by atoms with E-state index < -0.39 is 0 Å². The summed E-state index contributed by atoms with van der Waals surface area (Å²) in [6.07, 6.45) is 2.82. The minimum Gasteiger partial charge on any atom is -0.399 e. The van der Waals surface area contributed by atoms with E-state index in [1.165, 1.54) is 24.9 Å². The first kappa shape index (κ1) is 12.4. The maximum absolute atomic E-state index is 5.70. The Kier molecular flexibility index (Phi) is 4.02.